The molecule has 0 unspecified atom stereocenters. The number of rotatable bonds is 2. The molecule has 2 aromatic rings. The Kier molecular flexibility index (Phi) is 2.79. The van der Waals surface area contributed by atoms with E-state index in [0.29, 0.717) is 11.4 Å². The average molecular weight is 214 g/mol. The molecule has 0 spiro atoms. The molecule has 0 heterocycles. The van der Waals surface area contributed by atoms with Crippen LogP contribution in [0.15, 0.2) is 42.5 Å². The summed E-state index contributed by atoms with van der Waals surface area (Å²) in [7, 11) is 0. The van der Waals surface area contributed by atoms with Crippen LogP contribution in [0, 0.1) is 0 Å². The fourth-order valence-corrected chi connectivity index (χ4v) is 1.72. The Bertz CT molecular complexity index is 509. The number of aliphatic hydroxyl groups excluding tert-OH is 1. The summed E-state index contributed by atoms with van der Waals surface area (Å²) in [6.45, 7) is -0.0239. The maximum absolute atomic E-state index is 9.28. The van der Waals surface area contributed by atoms with Crippen LogP contribution in [0.1, 0.15) is 5.56 Å². The van der Waals surface area contributed by atoms with Crippen molar-refractivity contribution in [1.29, 1.82) is 0 Å². The van der Waals surface area contributed by atoms with Gasteiger partial charge in [-0.05, 0) is 29.3 Å². The van der Waals surface area contributed by atoms with Crippen molar-refractivity contribution in [3.8, 4) is 11.1 Å². The van der Waals surface area contributed by atoms with Crippen LogP contribution in [-0.4, -0.2) is 5.11 Å². The van der Waals surface area contributed by atoms with Crippen LogP contribution in [0.4, 0.5) is 11.4 Å². The molecule has 16 heavy (non-hydrogen) atoms. The van der Waals surface area contributed by atoms with E-state index in [1.165, 1.54) is 0 Å². The van der Waals surface area contributed by atoms with Crippen molar-refractivity contribution < 1.29 is 5.11 Å². The highest BCUT2D eigenvalue weighted by molar-refractivity contribution is 5.80. The van der Waals surface area contributed by atoms with E-state index in [0.717, 1.165) is 16.7 Å². The van der Waals surface area contributed by atoms with Gasteiger partial charge in [0.15, 0.2) is 0 Å². The molecule has 3 nitrogen and oxygen atoms in total. The molecule has 82 valence electrons. The van der Waals surface area contributed by atoms with E-state index in [1.807, 2.05) is 36.4 Å². The Morgan fingerprint density at radius 1 is 0.938 bits per heavy atom. The predicted octanol–water partition coefficient (Wildman–Crippen LogP) is 2.01. The summed E-state index contributed by atoms with van der Waals surface area (Å²) in [5, 5.41) is 9.28. The molecule has 5 N–H and O–H groups in total. The van der Waals surface area contributed by atoms with Gasteiger partial charge in [-0.15, -0.1) is 0 Å². The molecular weight excluding hydrogens is 200 g/mol. The fraction of sp³-hybridized carbons (Fsp3) is 0.0769. The van der Waals surface area contributed by atoms with E-state index in [9.17, 15) is 5.11 Å². The van der Waals surface area contributed by atoms with Crippen LogP contribution in [-0.2, 0) is 6.61 Å². The molecule has 0 saturated heterocycles. The van der Waals surface area contributed by atoms with E-state index < -0.39 is 0 Å². The third-order valence-corrected chi connectivity index (χ3v) is 2.56. The van der Waals surface area contributed by atoms with Crippen LogP contribution in [0.25, 0.3) is 11.1 Å². The van der Waals surface area contributed by atoms with Crippen molar-refractivity contribution in [2.75, 3.05) is 11.5 Å². The second-order valence-corrected chi connectivity index (χ2v) is 3.66. The second-order valence-electron chi connectivity index (χ2n) is 3.66. The SMILES string of the molecule is Nc1ccc(CO)c(-c2ccccc2N)c1. The maximum atomic E-state index is 9.28. The molecular formula is C13H14N2O. The number of hydrogen-bond donors (Lipinski definition) is 3. The van der Waals surface area contributed by atoms with Crippen molar-refractivity contribution in [3.05, 3.63) is 48.0 Å². The van der Waals surface area contributed by atoms with Gasteiger partial charge in [-0.1, -0.05) is 24.3 Å². The molecule has 0 fully saturated rings. The molecule has 0 bridgehead atoms. The largest absolute Gasteiger partial charge is 0.399 e. The maximum Gasteiger partial charge on any atom is 0.0687 e. The minimum atomic E-state index is -0.0239. The third kappa shape index (κ3) is 1.85. The molecule has 0 aliphatic heterocycles. The smallest absolute Gasteiger partial charge is 0.0687 e. The lowest BCUT2D eigenvalue weighted by Gasteiger charge is -2.10. The highest BCUT2D eigenvalue weighted by Gasteiger charge is 2.07. The fourth-order valence-electron chi connectivity index (χ4n) is 1.72. The normalized spacial score (nSPS) is 10.3. The van der Waals surface area contributed by atoms with Crippen LogP contribution >= 0.6 is 0 Å². The summed E-state index contributed by atoms with van der Waals surface area (Å²) in [6, 6.07) is 13.0. The summed E-state index contributed by atoms with van der Waals surface area (Å²) in [4.78, 5) is 0. The number of nitrogen functional groups attached to an aromatic ring is 2. The van der Waals surface area contributed by atoms with Gasteiger partial charge in [-0.25, -0.2) is 0 Å². The molecule has 0 saturated carbocycles. The van der Waals surface area contributed by atoms with Crippen molar-refractivity contribution in [1.82, 2.24) is 0 Å². The first-order chi connectivity index (χ1) is 7.72. The van der Waals surface area contributed by atoms with E-state index in [4.69, 9.17) is 11.5 Å². The van der Waals surface area contributed by atoms with Crippen molar-refractivity contribution in [2.24, 2.45) is 0 Å². The Morgan fingerprint density at radius 2 is 1.69 bits per heavy atom. The van der Waals surface area contributed by atoms with Gasteiger partial charge in [0.25, 0.3) is 0 Å². The lowest BCUT2D eigenvalue weighted by Crippen LogP contribution is -1.96. The quantitative estimate of drug-likeness (QED) is 0.669. The highest BCUT2D eigenvalue weighted by Crippen LogP contribution is 2.30. The zero-order chi connectivity index (χ0) is 11.5. The molecule has 0 radical (unpaired) electrons. The molecule has 0 atom stereocenters. The summed E-state index contributed by atoms with van der Waals surface area (Å²) in [5.74, 6) is 0. The third-order valence-electron chi connectivity index (χ3n) is 2.56. The van der Waals surface area contributed by atoms with E-state index >= 15 is 0 Å². The standard InChI is InChI=1S/C13H14N2O/c14-10-6-5-9(8-16)12(7-10)11-3-1-2-4-13(11)15/h1-7,16H,8,14-15H2. The minimum Gasteiger partial charge on any atom is -0.399 e. The number of nitrogens with two attached hydrogens (primary N) is 2. The number of anilines is 2. The molecule has 0 aliphatic rings. The first-order valence-electron chi connectivity index (χ1n) is 5.06. The molecule has 3 heteroatoms. The summed E-state index contributed by atoms with van der Waals surface area (Å²) in [5.41, 5.74) is 15.6. The van der Waals surface area contributed by atoms with Crippen LogP contribution in [0.3, 0.4) is 0 Å². The summed E-state index contributed by atoms with van der Waals surface area (Å²) >= 11 is 0. The van der Waals surface area contributed by atoms with Gasteiger partial charge in [-0.3, -0.25) is 0 Å². The number of aliphatic hydroxyl groups is 1. The number of benzene rings is 2. The Labute approximate surface area is 94.3 Å². The van der Waals surface area contributed by atoms with Gasteiger partial charge < -0.3 is 16.6 Å². The van der Waals surface area contributed by atoms with Gasteiger partial charge in [-0.2, -0.15) is 0 Å². The predicted molar refractivity (Wildman–Crippen MR) is 66.6 cm³/mol. The Hall–Kier alpha value is -2.00. The Balaban J connectivity index is 2.63. The van der Waals surface area contributed by atoms with Crippen LogP contribution in [0.5, 0.6) is 0 Å². The lowest BCUT2D eigenvalue weighted by atomic mass is 9.98. The number of para-hydroxylation sites is 1. The summed E-state index contributed by atoms with van der Waals surface area (Å²) < 4.78 is 0. The van der Waals surface area contributed by atoms with E-state index in [2.05, 4.69) is 0 Å². The van der Waals surface area contributed by atoms with Gasteiger partial charge in [0, 0.05) is 16.9 Å². The van der Waals surface area contributed by atoms with Gasteiger partial charge >= 0.3 is 0 Å². The molecule has 0 aliphatic carbocycles. The van der Waals surface area contributed by atoms with Crippen LogP contribution in [0.2, 0.25) is 0 Å². The van der Waals surface area contributed by atoms with Crippen molar-refractivity contribution in [2.45, 2.75) is 6.61 Å². The minimum absolute atomic E-state index is 0.0239. The van der Waals surface area contributed by atoms with Gasteiger partial charge in [0.1, 0.15) is 0 Å². The molecule has 0 aromatic heterocycles. The lowest BCUT2D eigenvalue weighted by molar-refractivity contribution is 0.282. The van der Waals surface area contributed by atoms with Gasteiger partial charge in [0.05, 0.1) is 6.61 Å². The van der Waals surface area contributed by atoms with Gasteiger partial charge in [0.2, 0.25) is 0 Å². The highest BCUT2D eigenvalue weighted by atomic mass is 16.3. The van der Waals surface area contributed by atoms with Crippen LogP contribution < -0.4 is 11.5 Å². The second kappa shape index (κ2) is 4.24. The first-order valence-corrected chi connectivity index (χ1v) is 5.06. The molecule has 0 amide bonds. The van der Waals surface area contributed by atoms with Crippen molar-refractivity contribution >= 4 is 11.4 Å². The van der Waals surface area contributed by atoms with E-state index in [1.54, 1.807) is 6.07 Å². The summed E-state index contributed by atoms with van der Waals surface area (Å²) in [6.07, 6.45) is 0. The zero-order valence-corrected chi connectivity index (χ0v) is 8.85. The van der Waals surface area contributed by atoms with Crippen molar-refractivity contribution in [3.63, 3.8) is 0 Å². The first kappa shape index (κ1) is 10.5. The molecule has 2 rings (SSSR count). The zero-order valence-electron chi connectivity index (χ0n) is 8.85. The monoisotopic (exact) mass is 214 g/mol. The van der Waals surface area contributed by atoms with E-state index in [-0.39, 0.29) is 6.61 Å². The topological polar surface area (TPSA) is 72.3 Å². The Morgan fingerprint density at radius 3 is 2.38 bits per heavy atom. The molecule has 2 aromatic carbocycles. The number of hydrogen-bond acceptors (Lipinski definition) is 3. The average Bonchev–Trinajstić information content (AvgIpc) is 2.29.